The zero-order chi connectivity index (χ0) is 23.8. The number of methoxy groups -OCH3 is 1. The predicted octanol–water partition coefficient (Wildman–Crippen LogP) is 6.56. The Morgan fingerprint density at radius 3 is 2.29 bits per heavy atom. The van der Waals surface area contributed by atoms with Gasteiger partial charge in [0.25, 0.3) is 0 Å². The second-order valence-electron chi connectivity index (χ2n) is 8.40. The molecule has 0 saturated heterocycles. The second kappa shape index (κ2) is 11.4. The SMILES string of the molecule is CCCC(Cc1nnc(C)c(-c2ccc(OCc3ccccc3)c(OC)c2)n1)c1ccccc1. The van der Waals surface area contributed by atoms with Crippen LogP contribution in [0.15, 0.2) is 78.9 Å². The van der Waals surface area contributed by atoms with Gasteiger partial charge in [0, 0.05) is 12.0 Å². The summed E-state index contributed by atoms with van der Waals surface area (Å²) in [6, 6.07) is 26.6. The summed E-state index contributed by atoms with van der Waals surface area (Å²) in [5.41, 5.74) is 4.96. The number of benzene rings is 3. The van der Waals surface area contributed by atoms with Gasteiger partial charge < -0.3 is 9.47 Å². The Bertz CT molecular complexity index is 1200. The van der Waals surface area contributed by atoms with Crippen LogP contribution in [0.25, 0.3) is 11.3 Å². The highest BCUT2D eigenvalue weighted by Crippen LogP contribution is 2.33. The molecule has 0 amide bonds. The van der Waals surface area contributed by atoms with Crippen molar-refractivity contribution in [2.75, 3.05) is 7.11 Å². The quantitative estimate of drug-likeness (QED) is 0.272. The van der Waals surface area contributed by atoms with Gasteiger partial charge in [0.05, 0.1) is 18.5 Å². The fourth-order valence-electron chi connectivity index (χ4n) is 4.12. The van der Waals surface area contributed by atoms with Crippen LogP contribution in [0.3, 0.4) is 0 Å². The highest BCUT2D eigenvalue weighted by atomic mass is 16.5. The molecule has 1 unspecified atom stereocenters. The molecular weight excluding hydrogens is 422 g/mol. The largest absolute Gasteiger partial charge is 0.493 e. The van der Waals surface area contributed by atoms with Crippen LogP contribution in [0.5, 0.6) is 11.5 Å². The van der Waals surface area contributed by atoms with Gasteiger partial charge in [0.1, 0.15) is 6.61 Å². The normalized spacial score (nSPS) is 11.7. The van der Waals surface area contributed by atoms with Crippen LogP contribution in [0.1, 0.15) is 48.3 Å². The summed E-state index contributed by atoms with van der Waals surface area (Å²) in [5, 5.41) is 8.85. The molecule has 0 saturated carbocycles. The molecule has 0 aliphatic rings. The van der Waals surface area contributed by atoms with Gasteiger partial charge in [-0.1, -0.05) is 74.0 Å². The monoisotopic (exact) mass is 453 g/mol. The van der Waals surface area contributed by atoms with E-state index < -0.39 is 0 Å². The Kier molecular flexibility index (Phi) is 7.87. The lowest BCUT2D eigenvalue weighted by molar-refractivity contribution is 0.284. The summed E-state index contributed by atoms with van der Waals surface area (Å²) in [7, 11) is 1.65. The van der Waals surface area contributed by atoms with E-state index in [2.05, 4.69) is 47.5 Å². The van der Waals surface area contributed by atoms with Crippen molar-refractivity contribution >= 4 is 0 Å². The molecule has 174 valence electrons. The lowest BCUT2D eigenvalue weighted by atomic mass is 9.91. The van der Waals surface area contributed by atoms with E-state index in [0.717, 1.165) is 47.6 Å². The van der Waals surface area contributed by atoms with Crippen LogP contribution in [0.2, 0.25) is 0 Å². The van der Waals surface area contributed by atoms with Crippen molar-refractivity contribution in [3.63, 3.8) is 0 Å². The number of rotatable bonds is 10. The minimum absolute atomic E-state index is 0.367. The minimum atomic E-state index is 0.367. The molecule has 0 spiro atoms. The van der Waals surface area contributed by atoms with Gasteiger partial charge in [0.15, 0.2) is 17.3 Å². The molecule has 5 nitrogen and oxygen atoms in total. The van der Waals surface area contributed by atoms with Crippen LogP contribution >= 0.6 is 0 Å². The second-order valence-corrected chi connectivity index (χ2v) is 8.40. The number of aryl methyl sites for hydroxylation is 1. The molecule has 34 heavy (non-hydrogen) atoms. The van der Waals surface area contributed by atoms with Crippen molar-refractivity contribution in [3.05, 3.63) is 102 Å². The molecule has 0 aliphatic carbocycles. The first-order chi connectivity index (χ1) is 16.7. The summed E-state index contributed by atoms with van der Waals surface area (Å²) in [4.78, 5) is 4.92. The molecule has 1 atom stereocenters. The van der Waals surface area contributed by atoms with Crippen molar-refractivity contribution in [3.8, 4) is 22.8 Å². The van der Waals surface area contributed by atoms with E-state index in [1.807, 2.05) is 55.5 Å². The minimum Gasteiger partial charge on any atom is -0.493 e. The van der Waals surface area contributed by atoms with E-state index in [0.29, 0.717) is 24.0 Å². The van der Waals surface area contributed by atoms with Crippen molar-refractivity contribution in [2.24, 2.45) is 0 Å². The number of hydrogen-bond acceptors (Lipinski definition) is 5. The van der Waals surface area contributed by atoms with Gasteiger partial charge in [-0.2, -0.15) is 5.10 Å². The van der Waals surface area contributed by atoms with Crippen molar-refractivity contribution < 1.29 is 9.47 Å². The molecule has 4 aromatic rings. The molecule has 0 fully saturated rings. The number of nitrogens with zero attached hydrogens (tertiary/aromatic N) is 3. The van der Waals surface area contributed by atoms with Crippen molar-refractivity contribution in [1.82, 2.24) is 15.2 Å². The average Bonchev–Trinajstić information content (AvgIpc) is 2.89. The average molecular weight is 454 g/mol. The van der Waals surface area contributed by atoms with Gasteiger partial charge in [-0.3, -0.25) is 0 Å². The third-order valence-electron chi connectivity index (χ3n) is 5.91. The van der Waals surface area contributed by atoms with Gasteiger partial charge in [-0.25, -0.2) is 4.98 Å². The Hall–Kier alpha value is -3.73. The first-order valence-electron chi connectivity index (χ1n) is 11.8. The summed E-state index contributed by atoms with van der Waals surface area (Å²) in [6.45, 7) is 4.63. The standard InChI is InChI=1S/C29H31N3O2/c1-4-11-24(23-14-9-6-10-15-23)19-28-30-29(21(2)31-32-28)25-16-17-26(27(18-25)33-3)34-20-22-12-7-5-8-13-22/h5-10,12-18,24H,4,11,19-20H2,1-3H3. The smallest absolute Gasteiger partial charge is 0.161 e. The highest BCUT2D eigenvalue weighted by molar-refractivity contribution is 5.65. The Labute approximate surface area is 201 Å². The van der Waals surface area contributed by atoms with Crippen LogP contribution in [0, 0.1) is 6.92 Å². The maximum absolute atomic E-state index is 6.01. The summed E-state index contributed by atoms with van der Waals surface area (Å²) in [5.74, 6) is 2.49. The van der Waals surface area contributed by atoms with E-state index >= 15 is 0 Å². The third-order valence-corrected chi connectivity index (χ3v) is 5.91. The van der Waals surface area contributed by atoms with Crippen molar-refractivity contribution in [1.29, 1.82) is 0 Å². The topological polar surface area (TPSA) is 57.1 Å². The van der Waals surface area contributed by atoms with E-state index in [1.165, 1.54) is 5.56 Å². The molecule has 0 N–H and O–H groups in total. The van der Waals surface area contributed by atoms with Crippen LogP contribution < -0.4 is 9.47 Å². The number of hydrogen-bond donors (Lipinski definition) is 0. The van der Waals surface area contributed by atoms with E-state index in [9.17, 15) is 0 Å². The predicted molar refractivity (Wildman–Crippen MR) is 135 cm³/mol. The zero-order valence-corrected chi connectivity index (χ0v) is 20.1. The zero-order valence-electron chi connectivity index (χ0n) is 20.1. The maximum Gasteiger partial charge on any atom is 0.161 e. The lowest BCUT2D eigenvalue weighted by Gasteiger charge is -2.16. The molecule has 1 aromatic heterocycles. The summed E-state index contributed by atoms with van der Waals surface area (Å²) in [6.07, 6.45) is 2.94. The van der Waals surface area contributed by atoms with E-state index in [-0.39, 0.29) is 0 Å². The molecule has 4 rings (SSSR count). The maximum atomic E-state index is 6.01. The van der Waals surface area contributed by atoms with Gasteiger partial charge in [-0.05, 0) is 48.6 Å². The number of aromatic nitrogens is 3. The molecule has 0 radical (unpaired) electrons. The molecule has 0 aliphatic heterocycles. The molecule has 5 heteroatoms. The van der Waals surface area contributed by atoms with Crippen LogP contribution in [-0.4, -0.2) is 22.3 Å². The molecular formula is C29H31N3O2. The fraction of sp³-hybridized carbons (Fsp3) is 0.276. The van der Waals surface area contributed by atoms with Crippen LogP contribution in [-0.2, 0) is 13.0 Å². The van der Waals surface area contributed by atoms with Gasteiger partial charge in [-0.15, -0.1) is 5.10 Å². The van der Waals surface area contributed by atoms with E-state index in [1.54, 1.807) is 7.11 Å². The van der Waals surface area contributed by atoms with E-state index in [4.69, 9.17) is 14.5 Å². The summed E-state index contributed by atoms with van der Waals surface area (Å²) < 4.78 is 11.6. The molecule has 0 bridgehead atoms. The Balaban J connectivity index is 1.57. The fourth-order valence-corrected chi connectivity index (χ4v) is 4.12. The summed E-state index contributed by atoms with van der Waals surface area (Å²) >= 11 is 0. The lowest BCUT2D eigenvalue weighted by Crippen LogP contribution is -2.09. The van der Waals surface area contributed by atoms with Gasteiger partial charge in [0.2, 0.25) is 0 Å². The molecule has 3 aromatic carbocycles. The highest BCUT2D eigenvalue weighted by Gasteiger charge is 2.17. The first kappa shape index (κ1) is 23.4. The first-order valence-corrected chi connectivity index (χ1v) is 11.8. The number of ether oxygens (including phenoxy) is 2. The third kappa shape index (κ3) is 5.79. The Morgan fingerprint density at radius 2 is 1.59 bits per heavy atom. The van der Waals surface area contributed by atoms with Crippen molar-refractivity contribution in [2.45, 2.75) is 45.6 Å². The molecule has 1 heterocycles. The van der Waals surface area contributed by atoms with Gasteiger partial charge >= 0.3 is 0 Å². The Morgan fingerprint density at radius 1 is 0.853 bits per heavy atom. The van der Waals surface area contributed by atoms with Crippen LogP contribution in [0.4, 0.5) is 0 Å².